The molecule has 1 unspecified atom stereocenters. The molecule has 17 heavy (non-hydrogen) atoms. The van der Waals surface area contributed by atoms with Gasteiger partial charge >= 0.3 is 0 Å². The molecule has 0 saturated carbocycles. The summed E-state index contributed by atoms with van der Waals surface area (Å²) in [5, 5.41) is 0. The van der Waals surface area contributed by atoms with Gasteiger partial charge < -0.3 is 10.5 Å². The normalized spacial score (nSPS) is 12.4. The molecule has 1 aromatic heterocycles. The molecule has 0 aliphatic rings. The molecular formula is C12H15N3OS. The third-order valence-electron chi connectivity index (χ3n) is 2.41. The van der Waals surface area contributed by atoms with Crippen LogP contribution >= 0.6 is 11.7 Å². The molecule has 90 valence electrons. The highest BCUT2D eigenvalue weighted by Gasteiger charge is 2.11. The van der Waals surface area contributed by atoms with Gasteiger partial charge in [0.1, 0.15) is 5.75 Å². The maximum absolute atomic E-state index is 6.07. The van der Waals surface area contributed by atoms with E-state index in [1.165, 1.54) is 11.7 Å². The molecule has 0 amide bonds. The van der Waals surface area contributed by atoms with Gasteiger partial charge in [0.2, 0.25) is 0 Å². The number of nitrogens with two attached hydrogens (primary N) is 1. The largest absolute Gasteiger partial charge is 0.494 e. The molecule has 2 rings (SSSR count). The highest BCUT2D eigenvalue weighted by molar-refractivity contribution is 6.99. The Labute approximate surface area is 105 Å². The Balaban J connectivity index is 2.07. The van der Waals surface area contributed by atoms with Gasteiger partial charge in [0.15, 0.2) is 0 Å². The second-order valence-corrected chi connectivity index (χ2v) is 4.28. The minimum atomic E-state index is -0.214. The van der Waals surface area contributed by atoms with E-state index in [2.05, 4.69) is 15.7 Å². The van der Waals surface area contributed by atoms with Gasteiger partial charge in [-0.3, -0.25) is 0 Å². The smallest absolute Gasteiger partial charge is 0.119 e. The van der Waals surface area contributed by atoms with Crippen LogP contribution in [-0.4, -0.2) is 15.4 Å². The molecule has 2 aromatic rings. The summed E-state index contributed by atoms with van der Waals surface area (Å²) in [5.41, 5.74) is 7.89. The number of rotatable bonds is 5. The zero-order chi connectivity index (χ0) is 12.1. The molecule has 0 bridgehead atoms. The molecule has 1 atom stereocenters. The summed E-state index contributed by atoms with van der Waals surface area (Å²) in [5.74, 6) is 0.874. The predicted octanol–water partition coefficient (Wildman–Crippen LogP) is 2.38. The van der Waals surface area contributed by atoms with E-state index in [1.807, 2.05) is 24.3 Å². The van der Waals surface area contributed by atoms with Crippen LogP contribution in [0.25, 0.3) is 0 Å². The molecule has 4 nitrogen and oxygen atoms in total. The Morgan fingerprint density at radius 2 is 2.12 bits per heavy atom. The van der Waals surface area contributed by atoms with E-state index >= 15 is 0 Å². The minimum absolute atomic E-state index is 0.214. The number of ether oxygens (including phenoxy) is 1. The molecule has 0 radical (unpaired) electrons. The molecule has 0 fully saturated rings. The monoisotopic (exact) mass is 249 g/mol. The van der Waals surface area contributed by atoms with Crippen molar-refractivity contribution in [1.29, 1.82) is 0 Å². The summed E-state index contributed by atoms with van der Waals surface area (Å²) >= 11 is 1.17. The van der Waals surface area contributed by atoms with Crippen LogP contribution in [0.5, 0.6) is 5.75 Å². The van der Waals surface area contributed by atoms with Crippen LogP contribution in [0.1, 0.15) is 30.6 Å². The van der Waals surface area contributed by atoms with Gasteiger partial charge in [-0.05, 0) is 24.1 Å². The van der Waals surface area contributed by atoms with Crippen molar-refractivity contribution in [2.75, 3.05) is 6.61 Å². The standard InChI is InChI=1S/C12H15N3OS/c1-2-7-16-10-5-3-9(4-6-10)12(13)11-8-14-17-15-11/h3-6,8,12H,2,7,13H2,1H3. The minimum Gasteiger partial charge on any atom is -0.494 e. The first-order valence-corrected chi connectivity index (χ1v) is 6.30. The maximum Gasteiger partial charge on any atom is 0.119 e. The van der Waals surface area contributed by atoms with Gasteiger partial charge in [0, 0.05) is 0 Å². The Morgan fingerprint density at radius 1 is 1.35 bits per heavy atom. The first-order valence-electron chi connectivity index (χ1n) is 5.57. The average Bonchev–Trinajstić information content (AvgIpc) is 2.90. The summed E-state index contributed by atoms with van der Waals surface area (Å²) in [6.07, 6.45) is 2.71. The fourth-order valence-electron chi connectivity index (χ4n) is 1.47. The second kappa shape index (κ2) is 5.75. The quantitative estimate of drug-likeness (QED) is 0.883. The van der Waals surface area contributed by atoms with Crippen LogP contribution in [0.3, 0.4) is 0 Å². The number of benzene rings is 1. The van der Waals surface area contributed by atoms with Crippen molar-refractivity contribution in [3.05, 3.63) is 41.7 Å². The van der Waals surface area contributed by atoms with Crippen molar-refractivity contribution >= 4 is 11.7 Å². The number of hydrogen-bond acceptors (Lipinski definition) is 5. The van der Waals surface area contributed by atoms with Crippen molar-refractivity contribution in [2.24, 2.45) is 5.73 Å². The van der Waals surface area contributed by atoms with Crippen molar-refractivity contribution < 1.29 is 4.74 Å². The summed E-state index contributed by atoms with van der Waals surface area (Å²) in [6.45, 7) is 2.82. The highest BCUT2D eigenvalue weighted by Crippen LogP contribution is 2.20. The van der Waals surface area contributed by atoms with Crippen molar-refractivity contribution in [1.82, 2.24) is 8.75 Å². The maximum atomic E-state index is 6.07. The summed E-state index contributed by atoms with van der Waals surface area (Å²) in [4.78, 5) is 0. The van der Waals surface area contributed by atoms with E-state index in [0.29, 0.717) is 0 Å². The van der Waals surface area contributed by atoms with Gasteiger partial charge in [-0.25, -0.2) is 0 Å². The third-order valence-corrected chi connectivity index (χ3v) is 2.90. The summed E-state index contributed by atoms with van der Waals surface area (Å²) < 4.78 is 13.6. The topological polar surface area (TPSA) is 61.0 Å². The Hall–Kier alpha value is -1.46. The van der Waals surface area contributed by atoms with E-state index in [-0.39, 0.29) is 6.04 Å². The number of nitrogens with zero attached hydrogens (tertiary/aromatic N) is 2. The molecule has 0 aliphatic carbocycles. The molecule has 1 aromatic carbocycles. The lowest BCUT2D eigenvalue weighted by atomic mass is 10.1. The molecule has 2 N–H and O–H groups in total. The van der Waals surface area contributed by atoms with E-state index in [4.69, 9.17) is 10.5 Å². The van der Waals surface area contributed by atoms with Crippen molar-refractivity contribution in [2.45, 2.75) is 19.4 Å². The van der Waals surface area contributed by atoms with Gasteiger partial charge in [0.25, 0.3) is 0 Å². The van der Waals surface area contributed by atoms with E-state index < -0.39 is 0 Å². The number of aromatic nitrogens is 2. The van der Waals surface area contributed by atoms with E-state index in [9.17, 15) is 0 Å². The fraction of sp³-hybridized carbons (Fsp3) is 0.333. The molecule has 0 saturated heterocycles. The van der Waals surface area contributed by atoms with Crippen LogP contribution in [0.2, 0.25) is 0 Å². The Kier molecular flexibility index (Phi) is 4.06. The molecule has 0 spiro atoms. The SMILES string of the molecule is CCCOc1ccc(C(N)c2cnsn2)cc1. The molecule has 1 heterocycles. The van der Waals surface area contributed by atoms with Gasteiger partial charge in [-0.1, -0.05) is 19.1 Å². The van der Waals surface area contributed by atoms with E-state index in [0.717, 1.165) is 30.0 Å². The van der Waals surface area contributed by atoms with Crippen LogP contribution in [0.15, 0.2) is 30.5 Å². The zero-order valence-corrected chi connectivity index (χ0v) is 10.5. The molecule has 0 aliphatic heterocycles. The summed E-state index contributed by atoms with van der Waals surface area (Å²) in [7, 11) is 0. The van der Waals surface area contributed by atoms with Gasteiger partial charge in [0.05, 0.1) is 36.3 Å². The van der Waals surface area contributed by atoms with Crippen LogP contribution in [-0.2, 0) is 0 Å². The summed E-state index contributed by atoms with van der Waals surface area (Å²) in [6, 6.07) is 7.59. The molecule has 5 heteroatoms. The van der Waals surface area contributed by atoms with Crippen LogP contribution in [0, 0.1) is 0 Å². The number of hydrogen-bond donors (Lipinski definition) is 1. The van der Waals surface area contributed by atoms with E-state index in [1.54, 1.807) is 6.20 Å². The Bertz CT molecular complexity index is 441. The second-order valence-electron chi connectivity index (χ2n) is 3.73. The first kappa shape index (κ1) is 12.0. The van der Waals surface area contributed by atoms with Gasteiger partial charge in [-0.2, -0.15) is 8.75 Å². The lowest BCUT2D eigenvalue weighted by Gasteiger charge is -2.10. The predicted molar refractivity (Wildman–Crippen MR) is 68.2 cm³/mol. The fourth-order valence-corrected chi connectivity index (χ4v) is 1.93. The van der Waals surface area contributed by atoms with Crippen molar-refractivity contribution in [3.8, 4) is 5.75 Å². The lowest BCUT2D eigenvalue weighted by Crippen LogP contribution is -2.11. The zero-order valence-electron chi connectivity index (χ0n) is 9.67. The third kappa shape index (κ3) is 3.01. The Morgan fingerprint density at radius 3 is 2.71 bits per heavy atom. The highest BCUT2D eigenvalue weighted by atomic mass is 32.1. The van der Waals surface area contributed by atoms with Gasteiger partial charge in [-0.15, -0.1) is 0 Å². The first-order chi connectivity index (χ1) is 8.31. The van der Waals surface area contributed by atoms with Crippen LogP contribution in [0.4, 0.5) is 0 Å². The van der Waals surface area contributed by atoms with Crippen molar-refractivity contribution in [3.63, 3.8) is 0 Å². The van der Waals surface area contributed by atoms with Crippen LogP contribution < -0.4 is 10.5 Å². The lowest BCUT2D eigenvalue weighted by molar-refractivity contribution is 0.317. The molecular weight excluding hydrogens is 234 g/mol. The average molecular weight is 249 g/mol.